The van der Waals surface area contributed by atoms with Gasteiger partial charge in [-0.15, -0.1) is 0 Å². The molecule has 0 saturated carbocycles. The Hall–Kier alpha value is -2.21. The number of carbonyl (C=O) groups is 1. The van der Waals surface area contributed by atoms with Gasteiger partial charge < -0.3 is 9.84 Å². The van der Waals surface area contributed by atoms with Crippen LogP contribution in [0.15, 0.2) is 28.8 Å². The van der Waals surface area contributed by atoms with Crippen LogP contribution in [0.25, 0.3) is 11.4 Å². The number of aryl methyl sites for hydroxylation is 1. The highest BCUT2D eigenvalue weighted by atomic mass is 16.5. The Morgan fingerprint density at radius 2 is 2.31 bits per heavy atom. The summed E-state index contributed by atoms with van der Waals surface area (Å²) in [6.45, 7) is 7.25. The Morgan fingerprint density at radius 3 is 3.12 bits per heavy atom. The van der Waals surface area contributed by atoms with E-state index in [1.807, 2.05) is 31.2 Å². The Balaban J connectivity index is 1.56. The maximum atomic E-state index is 12.3. The molecule has 6 nitrogen and oxygen atoms in total. The predicted octanol–water partition coefficient (Wildman–Crippen LogP) is 3.17. The van der Waals surface area contributed by atoms with Gasteiger partial charge in [0.05, 0.1) is 12.5 Å². The van der Waals surface area contributed by atoms with Gasteiger partial charge in [0.25, 0.3) is 0 Å². The Kier molecular flexibility index (Phi) is 6.39. The van der Waals surface area contributed by atoms with Crippen molar-refractivity contribution in [1.82, 2.24) is 20.4 Å². The van der Waals surface area contributed by atoms with E-state index in [2.05, 4.69) is 27.3 Å². The summed E-state index contributed by atoms with van der Waals surface area (Å²) in [4.78, 5) is 19.1. The van der Waals surface area contributed by atoms with Crippen molar-refractivity contribution in [1.29, 1.82) is 0 Å². The van der Waals surface area contributed by atoms with Gasteiger partial charge in [0.1, 0.15) is 0 Å². The van der Waals surface area contributed by atoms with Crippen molar-refractivity contribution >= 4 is 5.91 Å². The van der Waals surface area contributed by atoms with Crippen LogP contribution < -0.4 is 5.32 Å². The highest BCUT2D eigenvalue weighted by Crippen LogP contribution is 2.21. The summed E-state index contributed by atoms with van der Waals surface area (Å²) in [6.07, 6.45) is 4.10. The lowest BCUT2D eigenvalue weighted by Gasteiger charge is -2.30. The molecule has 1 N–H and O–H groups in total. The molecule has 1 atom stereocenters. The SMILES string of the molecule is CCCCNC(=O)C1CCCN(Cc2nc(-c3cccc(C)c3)no2)C1. The fourth-order valence-corrected chi connectivity index (χ4v) is 3.36. The number of carbonyl (C=O) groups excluding carboxylic acids is 1. The van der Waals surface area contributed by atoms with Crippen molar-refractivity contribution < 1.29 is 9.32 Å². The highest BCUT2D eigenvalue weighted by molar-refractivity contribution is 5.78. The average Bonchev–Trinajstić information content (AvgIpc) is 3.10. The smallest absolute Gasteiger partial charge is 0.241 e. The van der Waals surface area contributed by atoms with Crippen molar-refractivity contribution in [3.63, 3.8) is 0 Å². The van der Waals surface area contributed by atoms with Gasteiger partial charge in [0.15, 0.2) is 0 Å². The van der Waals surface area contributed by atoms with Gasteiger partial charge in [-0.1, -0.05) is 42.3 Å². The van der Waals surface area contributed by atoms with Gasteiger partial charge in [0.2, 0.25) is 17.6 Å². The van der Waals surface area contributed by atoms with Crippen LogP contribution in [-0.4, -0.2) is 40.6 Å². The highest BCUT2D eigenvalue weighted by Gasteiger charge is 2.26. The number of hydrogen-bond acceptors (Lipinski definition) is 5. The topological polar surface area (TPSA) is 71.3 Å². The Bertz CT molecular complexity index is 728. The standard InChI is InChI=1S/C20H28N4O2/c1-3-4-10-21-20(25)17-9-6-11-24(13-17)14-18-22-19(23-26-18)16-8-5-7-15(2)12-16/h5,7-8,12,17H,3-4,6,9-11,13-14H2,1-2H3,(H,21,25). The minimum atomic E-state index is 0.0553. The van der Waals surface area contributed by atoms with Crippen molar-refractivity contribution in [2.75, 3.05) is 19.6 Å². The lowest BCUT2D eigenvalue weighted by Crippen LogP contribution is -2.42. The first kappa shape index (κ1) is 18.6. The zero-order chi connectivity index (χ0) is 18.4. The molecule has 2 heterocycles. The molecule has 0 aliphatic carbocycles. The third kappa shape index (κ3) is 4.91. The largest absolute Gasteiger partial charge is 0.356 e. The number of unbranched alkanes of at least 4 members (excludes halogenated alkanes) is 1. The molecule has 1 amide bonds. The molecule has 140 valence electrons. The quantitative estimate of drug-likeness (QED) is 0.772. The van der Waals surface area contributed by atoms with Crippen LogP contribution in [0.4, 0.5) is 0 Å². The molecule has 0 radical (unpaired) electrons. The molecule has 2 aromatic rings. The van der Waals surface area contributed by atoms with Crippen molar-refractivity contribution in [2.24, 2.45) is 5.92 Å². The van der Waals surface area contributed by atoms with Crippen molar-refractivity contribution in [3.8, 4) is 11.4 Å². The zero-order valence-corrected chi connectivity index (χ0v) is 15.7. The first-order valence-electron chi connectivity index (χ1n) is 9.55. The van der Waals surface area contributed by atoms with Crippen LogP contribution in [0.5, 0.6) is 0 Å². The minimum absolute atomic E-state index is 0.0553. The molecule has 0 bridgehead atoms. The second kappa shape index (κ2) is 8.94. The lowest BCUT2D eigenvalue weighted by molar-refractivity contribution is -0.126. The van der Waals surface area contributed by atoms with Gasteiger partial charge in [0, 0.05) is 18.7 Å². The van der Waals surface area contributed by atoms with E-state index in [9.17, 15) is 4.79 Å². The molecule has 1 aliphatic rings. The van der Waals surface area contributed by atoms with Gasteiger partial charge >= 0.3 is 0 Å². The molecule has 0 spiro atoms. The number of rotatable bonds is 7. The third-order valence-corrected chi connectivity index (χ3v) is 4.81. The minimum Gasteiger partial charge on any atom is -0.356 e. The molecule has 1 saturated heterocycles. The van der Waals surface area contributed by atoms with Crippen molar-refractivity contribution in [3.05, 3.63) is 35.7 Å². The van der Waals surface area contributed by atoms with Crippen molar-refractivity contribution in [2.45, 2.75) is 46.1 Å². The molecule has 1 aromatic carbocycles. The Morgan fingerprint density at radius 1 is 1.42 bits per heavy atom. The first-order valence-corrected chi connectivity index (χ1v) is 9.55. The summed E-state index contributed by atoms with van der Waals surface area (Å²) in [7, 11) is 0. The van der Waals surface area contributed by atoms with Gasteiger partial charge in [-0.05, 0) is 38.8 Å². The summed E-state index contributed by atoms with van der Waals surface area (Å²) in [5.41, 5.74) is 2.13. The number of benzene rings is 1. The monoisotopic (exact) mass is 356 g/mol. The molecule has 6 heteroatoms. The molecular weight excluding hydrogens is 328 g/mol. The van der Waals surface area contributed by atoms with E-state index in [-0.39, 0.29) is 11.8 Å². The maximum absolute atomic E-state index is 12.3. The van der Waals surface area contributed by atoms with Gasteiger partial charge in [-0.3, -0.25) is 9.69 Å². The molecular formula is C20H28N4O2. The second-order valence-corrected chi connectivity index (χ2v) is 7.10. The number of likely N-dealkylation sites (tertiary alicyclic amines) is 1. The second-order valence-electron chi connectivity index (χ2n) is 7.10. The number of nitrogens with one attached hydrogen (secondary N) is 1. The normalized spacial score (nSPS) is 18.0. The average molecular weight is 356 g/mol. The number of amides is 1. The first-order chi connectivity index (χ1) is 12.7. The summed E-state index contributed by atoms with van der Waals surface area (Å²) in [6, 6.07) is 8.07. The van der Waals surface area contributed by atoms with E-state index in [1.54, 1.807) is 0 Å². The summed E-state index contributed by atoms with van der Waals surface area (Å²) >= 11 is 0. The lowest BCUT2D eigenvalue weighted by atomic mass is 9.97. The van der Waals surface area contributed by atoms with Crippen LogP contribution in [0.2, 0.25) is 0 Å². The van der Waals surface area contributed by atoms with E-state index < -0.39 is 0 Å². The molecule has 26 heavy (non-hydrogen) atoms. The molecule has 1 aromatic heterocycles. The summed E-state index contributed by atoms with van der Waals surface area (Å²) in [5, 5.41) is 7.16. The number of nitrogens with zero attached hydrogens (tertiary/aromatic N) is 3. The van der Waals surface area contributed by atoms with E-state index in [1.165, 1.54) is 5.56 Å². The summed E-state index contributed by atoms with van der Waals surface area (Å²) in [5.74, 6) is 1.46. The van der Waals surface area contributed by atoms with Crippen LogP contribution in [-0.2, 0) is 11.3 Å². The van der Waals surface area contributed by atoms with E-state index in [0.717, 1.165) is 50.9 Å². The summed E-state index contributed by atoms with van der Waals surface area (Å²) < 4.78 is 5.43. The van der Waals surface area contributed by atoms with Crippen LogP contribution in [0.3, 0.4) is 0 Å². The Labute approximate surface area is 155 Å². The molecule has 1 aliphatic heterocycles. The van der Waals surface area contributed by atoms with Crippen LogP contribution >= 0.6 is 0 Å². The molecule has 3 rings (SSSR count). The van der Waals surface area contributed by atoms with Crippen LogP contribution in [0, 0.1) is 12.8 Å². The predicted molar refractivity (Wildman–Crippen MR) is 100 cm³/mol. The number of aromatic nitrogens is 2. The van der Waals surface area contributed by atoms with Gasteiger partial charge in [-0.25, -0.2) is 0 Å². The molecule has 1 fully saturated rings. The van der Waals surface area contributed by atoms with Crippen LogP contribution in [0.1, 0.15) is 44.1 Å². The van der Waals surface area contributed by atoms with E-state index in [4.69, 9.17) is 4.52 Å². The maximum Gasteiger partial charge on any atom is 0.241 e. The fourth-order valence-electron chi connectivity index (χ4n) is 3.36. The van der Waals surface area contributed by atoms with E-state index >= 15 is 0 Å². The number of piperidine rings is 1. The van der Waals surface area contributed by atoms with E-state index in [0.29, 0.717) is 18.3 Å². The fraction of sp³-hybridized carbons (Fsp3) is 0.550. The third-order valence-electron chi connectivity index (χ3n) is 4.81. The zero-order valence-electron chi connectivity index (χ0n) is 15.7. The number of hydrogen-bond donors (Lipinski definition) is 1. The molecule has 1 unspecified atom stereocenters. The van der Waals surface area contributed by atoms with Gasteiger partial charge in [-0.2, -0.15) is 4.98 Å².